The number of rotatable bonds is 3. The zero-order valence-corrected chi connectivity index (χ0v) is 7.75. The Bertz CT molecular complexity index is 289. The van der Waals surface area contributed by atoms with Crippen molar-refractivity contribution in [3.05, 3.63) is 24.0 Å². The van der Waals surface area contributed by atoms with E-state index in [1.807, 2.05) is 0 Å². The van der Waals surface area contributed by atoms with Crippen LogP contribution in [0, 0.1) is 5.82 Å². The summed E-state index contributed by atoms with van der Waals surface area (Å²) in [6, 6.07) is 4.47. The molecule has 0 aromatic heterocycles. The lowest BCUT2D eigenvalue weighted by molar-refractivity contribution is 0.321. The maximum absolute atomic E-state index is 13.2. The monoisotopic (exact) mass is 182 g/mol. The summed E-state index contributed by atoms with van der Waals surface area (Å²) in [4.78, 5) is 0. The summed E-state index contributed by atoms with van der Waals surface area (Å²) in [5, 5.41) is 9.16. The van der Waals surface area contributed by atoms with Crippen LogP contribution >= 0.6 is 0 Å². The van der Waals surface area contributed by atoms with Crippen molar-refractivity contribution in [1.29, 1.82) is 0 Å². The highest BCUT2D eigenvalue weighted by Gasteiger charge is 2.10. The van der Waals surface area contributed by atoms with Crippen LogP contribution in [-0.4, -0.2) is 18.5 Å². The summed E-state index contributed by atoms with van der Waals surface area (Å²) in [5.41, 5.74) is 0.556. The first kappa shape index (κ1) is 10.1. The highest BCUT2D eigenvalue weighted by atomic mass is 19.1. The third-order valence-electron chi connectivity index (χ3n) is 1.74. The number of benzene rings is 1. The summed E-state index contributed by atoms with van der Waals surface area (Å²) < 4.78 is 18.2. The fraction of sp³-hybridized carbons (Fsp3) is 0.333. The summed E-state index contributed by atoms with van der Waals surface area (Å²) in [6.45, 7) is 3.17. The maximum atomic E-state index is 13.2. The molecule has 0 bridgehead atoms. The van der Waals surface area contributed by atoms with E-state index in [1.54, 1.807) is 19.8 Å². The quantitative estimate of drug-likeness (QED) is 0.707. The fourth-order valence-electron chi connectivity index (χ4n) is 1.05. The molecule has 0 amide bonds. The van der Waals surface area contributed by atoms with Crippen LogP contribution in [0.15, 0.2) is 18.2 Å². The Morgan fingerprint density at radius 1 is 1.54 bits per heavy atom. The first-order valence-electron chi connectivity index (χ1n) is 4.25. The van der Waals surface area contributed by atoms with Crippen molar-refractivity contribution in [1.82, 2.24) is 0 Å². The Balaban J connectivity index is 2.92. The van der Waals surface area contributed by atoms with Crippen LogP contribution in [0.1, 0.15) is 6.92 Å². The fourth-order valence-corrected chi connectivity index (χ4v) is 1.05. The van der Waals surface area contributed by atoms with Gasteiger partial charge in [-0.25, -0.2) is 4.39 Å². The average molecular weight is 182 g/mol. The SMILES string of the molecule is CCOc1ccc(B(C)O)cc1F. The molecule has 70 valence electrons. The Kier molecular flexibility index (Phi) is 3.31. The van der Waals surface area contributed by atoms with E-state index in [4.69, 9.17) is 9.76 Å². The van der Waals surface area contributed by atoms with E-state index in [1.165, 1.54) is 12.1 Å². The zero-order chi connectivity index (χ0) is 9.84. The minimum Gasteiger partial charge on any atom is -0.491 e. The van der Waals surface area contributed by atoms with Crippen LogP contribution in [0.25, 0.3) is 0 Å². The van der Waals surface area contributed by atoms with E-state index in [2.05, 4.69) is 0 Å². The van der Waals surface area contributed by atoms with Gasteiger partial charge >= 0.3 is 6.92 Å². The van der Waals surface area contributed by atoms with Crippen LogP contribution in [0.4, 0.5) is 4.39 Å². The van der Waals surface area contributed by atoms with Crippen molar-refractivity contribution < 1.29 is 14.2 Å². The van der Waals surface area contributed by atoms with Gasteiger partial charge in [-0.3, -0.25) is 0 Å². The molecule has 0 aliphatic heterocycles. The summed E-state index contributed by atoms with van der Waals surface area (Å²) >= 11 is 0. The van der Waals surface area contributed by atoms with Gasteiger partial charge in [0.1, 0.15) is 0 Å². The van der Waals surface area contributed by atoms with Crippen molar-refractivity contribution >= 4 is 12.4 Å². The standard InChI is InChI=1S/C9H12BFO2/c1-3-13-9-5-4-7(10(2)12)6-8(9)11/h4-6,12H,3H2,1-2H3. The number of hydrogen-bond donors (Lipinski definition) is 1. The molecule has 13 heavy (non-hydrogen) atoms. The number of ether oxygens (including phenoxy) is 1. The zero-order valence-electron chi connectivity index (χ0n) is 7.75. The van der Waals surface area contributed by atoms with Gasteiger partial charge in [0.2, 0.25) is 0 Å². The predicted molar refractivity (Wildman–Crippen MR) is 51.0 cm³/mol. The molecule has 0 radical (unpaired) electrons. The molecule has 0 fully saturated rings. The summed E-state index contributed by atoms with van der Waals surface area (Å²) in [6.07, 6.45) is 0. The third-order valence-corrected chi connectivity index (χ3v) is 1.74. The second-order valence-electron chi connectivity index (χ2n) is 2.80. The Morgan fingerprint density at radius 3 is 2.69 bits per heavy atom. The third kappa shape index (κ3) is 2.46. The molecule has 0 aliphatic rings. The first-order valence-corrected chi connectivity index (χ1v) is 4.25. The summed E-state index contributed by atoms with van der Waals surface area (Å²) in [7, 11) is 0. The lowest BCUT2D eigenvalue weighted by atomic mass is 9.64. The van der Waals surface area contributed by atoms with Gasteiger partial charge in [0.05, 0.1) is 6.61 Å². The molecule has 2 nitrogen and oxygen atoms in total. The Labute approximate surface area is 77.5 Å². The van der Waals surface area contributed by atoms with Crippen LogP contribution in [-0.2, 0) is 0 Å². The molecule has 0 saturated heterocycles. The average Bonchev–Trinajstić information content (AvgIpc) is 2.08. The Morgan fingerprint density at radius 2 is 2.23 bits per heavy atom. The van der Waals surface area contributed by atoms with Crippen molar-refractivity contribution in [2.24, 2.45) is 0 Å². The second-order valence-corrected chi connectivity index (χ2v) is 2.80. The predicted octanol–water partition coefficient (Wildman–Crippen LogP) is 1.04. The minimum absolute atomic E-state index is 0.229. The molecule has 1 N–H and O–H groups in total. The molecule has 4 heteroatoms. The molecule has 0 aliphatic carbocycles. The molecule has 0 heterocycles. The molecule has 0 atom stereocenters. The molecule has 0 unspecified atom stereocenters. The topological polar surface area (TPSA) is 29.5 Å². The molecule has 1 rings (SSSR count). The lowest BCUT2D eigenvalue weighted by Gasteiger charge is -2.06. The van der Waals surface area contributed by atoms with Gasteiger partial charge in [-0.15, -0.1) is 0 Å². The molecule has 1 aromatic carbocycles. The molecule has 1 aromatic rings. The van der Waals surface area contributed by atoms with Gasteiger partial charge in [-0.2, -0.15) is 0 Å². The maximum Gasteiger partial charge on any atom is 0.320 e. The molecule has 0 spiro atoms. The van der Waals surface area contributed by atoms with Crippen molar-refractivity contribution in [2.45, 2.75) is 13.7 Å². The smallest absolute Gasteiger partial charge is 0.320 e. The van der Waals surface area contributed by atoms with Gasteiger partial charge in [0, 0.05) is 0 Å². The van der Waals surface area contributed by atoms with E-state index in [0.29, 0.717) is 12.1 Å². The van der Waals surface area contributed by atoms with Gasteiger partial charge < -0.3 is 9.76 Å². The largest absolute Gasteiger partial charge is 0.491 e. The van der Waals surface area contributed by atoms with Crippen molar-refractivity contribution in [3.63, 3.8) is 0 Å². The van der Waals surface area contributed by atoms with E-state index < -0.39 is 12.7 Å². The highest BCUT2D eigenvalue weighted by Crippen LogP contribution is 2.14. The molecular weight excluding hydrogens is 170 g/mol. The minimum atomic E-state index is -0.648. The van der Waals surface area contributed by atoms with Crippen LogP contribution in [0.3, 0.4) is 0 Å². The highest BCUT2D eigenvalue weighted by molar-refractivity contribution is 6.64. The second kappa shape index (κ2) is 4.28. The van der Waals surface area contributed by atoms with Gasteiger partial charge in [0.15, 0.2) is 11.6 Å². The Hall–Kier alpha value is -1.03. The number of hydrogen-bond acceptors (Lipinski definition) is 2. The van der Waals surface area contributed by atoms with E-state index in [9.17, 15) is 4.39 Å². The van der Waals surface area contributed by atoms with Gasteiger partial charge in [-0.1, -0.05) is 12.9 Å². The van der Waals surface area contributed by atoms with Gasteiger partial charge in [0.25, 0.3) is 0 Å². The lowest BCUT2D eigenvalue weighted by Crippen LogP contribution is -2.26. The van der Waals surface area contributed by atoms with Crippen LogP contribution < -0.4 is 10.2 Å². The van der Waals surface area contributed by atoms with E-state index >= 15 is 0 Å². The van der Waals surface area contributed by atoms with Crippen molar-refractivity contribution in [3.8, 4) is 5.75 Å². The normalized spacial score (nSPS) is 9.85. The van der Waals surface area contributed by atoms with E-state index in [0.717, 1.165) is 0 Å². The molecular formula is C9H12BFO2. The first-order chi connectivity index (χ1) is 6.15. The van der Waals surface area contributed by atoms with E-state index in [-0.39, 0.29) is 5.75 Å². The van der Waals surface area contributed by atoms with Gasteiger partial charge in [-0.05, 0) is 24.5 Å². The summed E-state index contributed by atoms with van der Waals surface area (Å²) in [5.74, 6) is -0.202. The molecule has 0 saturated carbocycles. The van der Waals surface area contributed by atoms with Crippen LogP contribution in [0.5, 0.6) is 5.75 Å². The van der Waals surface area contributed by atoms with Crippen molar-refractivity contribution in [2.75, 3.05) is 6.61 Å². The number of halogens is 1. The van der Waals surface area contributed by atoms with Crippen LogP contribution in [0.2, 0.25) is 6.82 Å².